The van der Waals surface area contributed by atoms with Crippen LogP contribution < -0.4 is 0 Å². The Balaban J connectivity index is -0.0000000267. The van der Waals surface area contributed by atoms with Gasteiger partial charge in [0.1, 0.15) is 0 Å². The molecule has 0 rings (SSSR count). The molecule has 0 aromatic carbocycles. The number of hydrogen-bond donors (Lipinski definition) is 4. The van der Waals surface area contributed by atoms with Gasteiger partial charge in [0.2, 0.25) is 0 Å². The van der Waals surface area contributed by atoms with Crippen LogP contribution in [-0.4, -0.2) is 83.3 Å². The summed E-state index contributed by atoms with van der Waals surface area (Å²) in [7, 11) is -4.61. The molecule has 0 saturated heterocycles. The predicted molar refractivity (Wildman–Crippen MR) is 33.1 cm³/mol. The third-order valence-electron chi connectivity index (χ3n) is 0. The fraction of sp³-hybridized carbons (Fsp3) is 0. The van der Waals surface area contributed by atoms with E-state index in [0.29, 0.717) is 0 Å². The van der Waals surface area contributed by atoms with Crippen LogP contribution in [0.3, 0.4) is 0 Å². The van der Waals surface area contributed by atoms with Crippen LogP contribution in [0.5, 0.6) is 0 Å². The Hall–Kier alpha value is 2.37. The normalized spacial score (nSPS) is 7.50. The first-order valence-electron chi connectivity index (χ1n) is 0.894. The van der Waals surface area contributed by atoms with E-state index in [1.54, 1.807) is 0 Å². The zero-order chi connectivity index (χ0) is 4.50. The van der Waals surface area contributed by atoms with Crippen LogP contribution in [0, 0.1) is 0 Å². The Bertz CT molecular complexity index is 31.5. The first-order valence-corrected chi connectivity index (χ1v) is 2.68. The van der Waals surface area contributed by atoms with E-state index in [9.17, 15) is 0 Å². The zero-order valence-corrected chi connectivity index (χ0v) is 4.75. The molecule has 50 valence electrons. The molecular weight excluding hydrogens is 215 g/mol. The molecule has 0 spiro atoms. The van der Waals surface area contributed by atoms with Crippen LogP contribution in [0.2, 0.25) is 0 Å². The van der Waals surface area contributed by atoms with E-state index in [0.717, 1.165) is 0 Å². The molecule has 0 aliphatic rings. The van der Waals surface area contributed by atoms with Gasteiger partial charge in [-0.1, -0.05) is 0 Å². The van der Waals surface area contributed by atoms with Gasteiger partial charge in [-0.05, 0) is 0 Å². The molecule has 0 fully saturated rings. The van der Waals surface area contributed by atoms with Crippen molar-refractivity contribution in [1.82, 2.24) is 0 Å². The predicted octanol–water partition coefficient (Wildman–Crippen LogP) is -4.71. The third kappa shape index (κ3) is 81.0. The molecule has 4 nitrogen and oxygen atoms in total. The molecule has 0 bridgehead atoms. The maximum absolute atomic E-state index is 7.33. The monoisotopic (exact) mass is 224 g/mol. The van der Waals surface area contributed by atoms with Crippen LogP contribution in [-0.2, 0) is 17.1 Å². The van der Waals surface area contributed by atoms with Gasteiger partial charge in [0.15, 0.2) is 17.4 Å². The van der Waals surface area contributed by atoms with Crippen molar-refractivity contribution in [1.29, 1.82) is 0 Å². The number of hydrogen-bond acceptors (Lipinski definition) is 4. The van der Waals surface area contributed by atoms with Gasteiger partial charge in [0.25, 0.3) is 0 Å². The molecule has 4 N–H and O–H groups in total. The van der Waals surface area contributed by atoms with Crippen LogP contribution in [0.15, 0.2) is 0 Å². The summed E-state index contributed by atoms with van der Waals surface area (Å²) in [6, 6.07) is 0. The second-order valence-electron chi connectivity index (χ2n) is 0.600. The molecule has 8 heavy (non-hydrogen) atoms. The van der Waals surface area contributed by atoms with Gasteiger partial charge < -0.3 is 19.2 Å². The van der Waals surface area contributed by atoms with E-state index in [2.05, 4.69) is 0 Å². The summed E-state index contributed by atoms with van der Waals surface area (Å²) in [5.41, 5.74) is 0. The van der Waals surface area contributed by atoms with Crippen molar-refractivity contribution in [2.24, 2.45) is 0 Å². The largest absolute Gasteiger partial charge is 0 e. The molecule has 0 atom stereocenters. The Morgan fingerprint density at radius 2 is 0.875 bits per heavy atom. The van der Waals surface area contributed by atoms with Crippen molar-refractivity contribution >= 4 is 64.1 Å². The summed E-state index contributed by atoms with van der Waals surface area (Å²) < 4.78 is 0. The van der Waals surface area contributed by atoms with E-state index in [4.69, 9.17) is 19.2 Å². The second-order valence-corrected chi connectivity index (χ2v) is 1.80. The van der Waals surface area contributed by atoms with Crippen molar-refractivity contribution < 1.29 is 36.3 Å². The Kier molecular flexibility index (Phi) is 26.3. The minimum Gasteiger partial charge on any atom is 0 e. The fourth-order valence-electron chi connectivity index (χ4n) is 0. The van der Waals surface area contributed by atoms with Gasteiger partial charge in [-0.3, -0.25) is 0 Å². The van der Waals surface area contributed by atoms with E-state index in [-0.39, 0.29) is 72.2 Å². The van der Waals surface area contributed by atoms with Crippen molar-refractivity contribution in [3.8, 4) is 0 Å². The molecule has 0 aromatic heterocycles. The maximum atomic E-state index is 7.33. The Morgan fingerprint density at radius 3 is 0.875 bits per heavy atom. The van der Waals surface area contributed by atoms with Crippen LogP contribution in [0.1, 0.15) is 0 Å². The average molecular weight is 224 g/mol. The van der Waals surface area contributed by atoms with E-state index >= 15 is 0 Å². The quantitative estimate of drug-likeness (QED) is 0.312. The minimum atomic E-state index is -4.61. The molecule has 0 aromatic rings. The molecule has 0 amide bonds. The van der Waals surface area contributed by atoms with E-state index in [1.807, 2.05) is 0 Å². The molecule has 0 heterocycles. The van der Waals surface area contributed by atoms with Crippen LogP contribution in [0.4, 0.5) is 0 Å². The standard InChI is InChI=1S/Al.Ca.Fe.H4O4Si.5H/c;;;1-5(2,3)4;;;;;/h;;;1-4H;;;;;. The molecule has 0 saturated carbocycles. The zero-order valence-electron chi connectivity index (χ0n) is 2.64. The SMILES string of the molecule is O[Si](O)(O)O.[AlH3].[CaH2].[Fe]. The smallest absolute Gasteiger partial charge is 0 e. The summed E-state index contributed by atoms with van der Waals surface area (Å²) in [5.74, 6) is 0. The van der Waals surface area contributed by atoms with Gasteiger partial charge in [-0.2, -0.15) is 0 Å². The Morgan fingerprint density at radius 1 is 0.875 bits per heavy atom. The summed E-state index contributed by atoms with van der Waals surface area (Å²) >= 11 is 0. The Labute approximate surface area is 99.0 Å². The minimum absolute atomic E-state index is 0. The summed E-state index contributed by atoms with van der Waals surface area (Å²) in [4.78, 5) is 29.3. The molecule has 0 radical (unpaired) electrons. The van der Waals surface area contributed by atoms with E-state index < -0.39 is 9.05 Å². The molecule has 0 aliphatic heterocycles. The third-order valence-corrected chi connectivity index (χ3v) is 0. The average Bonchev–Trinajstić information content (AvgIpc) is 0.722. The topological polar surface area (TPSA) is 80.9 Å². The summed E-state index contributed by atoms with van der Waals surface area (Å²) in [6.45, 7) is 0. The van der Waals surface area contributed by atoms with Gasteiger partial charge in [0, 0.05) is 17.1 Å². The van der Waals surface area contributed by atoms with E-state index in [1.165, 1.54) is 0 Å². The molecule has 0 unspecified atom stereocenters. The van der Waals surface area contributed by atoms with Crippen LogP contribution in [0.25, 0.3) is 0 Å². The van der Waals surface area contributed by atoms with Gasteiger partial charge in [-0.25, -0.2) is 0 Å². The van der Waals surface area contributed by atoms with Gasteiger partial charge in [-0.15, -0.1) is 0 Å². The van der Waals surface area contributed by atoms with Gasteiger partial charge in [0.05, 0.1) is 0 Å². The number of rotatable bonds is 0. The summed E-state index contributed by atoms with van der Waals surface area (Å²) in [6.07, 6.45) is 0. The van der Waals surface area contributed by atoms with Crippen LogP contribution >= 0.6 is 0 Å². The summed E-state index contributed by atoms with van der Waals surface area (Å²) in [5, 5.41) is 0. The first-order chi connectivity index (χ1) is 2.00. The van der Waals surface area contributed by atoms with Crippen molar-refractivity contribution in [3.63, 3.8) is 0 Å². The fourth-order valence-corrected chi connectivity index (χ4v) is 0. The molecular formula is H9AlCaFeO4Si. The van der Waals surface area contributed by atoms with Crippen molar-refractivity contribution in [2.45, 2.75) is 0 Å². The molecule has 8 heteroatoms. The molecule has 0 aliphatic carbocycles. The van der Waals surface area contributed by atoms with Crippen molar-refractivity contribution in [2.75, 3.05) is 0 Å². The maximum Gasteiger partial charge on any atom is 0 e. The van der Waals surface area contributed by atoms with Crippen molar-refractivity contribution in [3.05, 3.63) is 0 Å². The van der Waals surface area contributed by atoms with Gasteiger partial charge >= 0.3 is 46.8 Å². The first kappa shape index (κ1) is 22.4. The second kappa shape index (κ2) is 9.37.